The fourth-order valence-electron chi connectivity index (χ4n) is 2.54. The van der Waals surface area contributed by atoms with Crippen LogP contribution in [0.5, 0.6) is 0 Å². The zero-order valence-corrected chi connectivity index (χ0v) is 14.4. The fourth-order valence-corrected chi connectivity index (χ4v) is 2.54. The molecule has 1 heteroatoms. The first-order chi connectivity index (χ1) is 10.6. The lowest BCUT2D eigenvalue weighted by Gasteiger charge is -2.01. The van der Waals surface area contributed by atoms with Crippen molar-refractivity contribution in [2.75, 3.05) is 0 Å². The topological polar surface area (TPSA) is 15.8 Å². The summed E-state index contributed by atoms with van der Waals surface area (Å²) in [4.78, 5) is 3.38. The van der Waals surface area contributed by atoms with E-state index in [4.69, 9.17) is 0 Å². The Morgan fingerprint density at radius 1 is 1.32 bits per heavy atom. The molecule has 0 radical (unpaired) electrons. The summed E-state index contributed by atoms with van der Waals surface area (Å²) in [6.45, 7) is 16.1. The first kappa shape index (κ1) is 18.0. The molecule has 0 atom stereocenters. The molecule has 0 aromatic carbocycles. The summed E-state index contributed by atoms with van der Waals surface area (Å²) in [6, 6.07) is 2.26. The van der Waals surface area contributed by atoms with E-state index in [1.54, 1.807) is 0 Å². The Kier molecular flexibility index (Phi) is 7.45. The number of allylic oxidation sites excluding steroid dienone is 8. The molecule has 1 aliphatic carbocycles. The van der Waals surface area contributed by atoms with Gasteiger partial charge in [-0.05, 0) is 53.2 Å². The van der Waals surface area contributed by atoms with Gasteiger partial charge in [-0.3, -0.25) is 0 Å². The van der Waals surface area contributed by atoms with E-state index in [9.17, 15) is 0 Å². The van der Waals surface area contributed by atoms with Crippen LogP contribution < -0.4 is 0 Å². The summed E-state index contributed by atoms with van der Waals surface area (Å²) in [5.74, 6) is 0.685. The largest absolute Gasteiger partial charge is 0.361 e. The van der Waals surface area contributed by atoms with Gasteiger partial charge in [0.15, 0.2) is 0 Å². The van der Waals surface area contributed by atoms with Gasteiger partial charge < -0.3 is 4.98 Å². The predicted octanol–water partition coefficient (Wildman–Crippen LogP) is 6.25. The maximum atomic E-state index is 3.87. The molecule has 1 aliphatic rings. The average Bonchev–Trinajstić information content (AvgIpc) is 3.15. The Balaban J connectivity index is 0.00000116. The molecule has 0 fully saturated rings. The molecule has 0 aliphatic heterocycles. The van der Waals surface area contributed by atoms with Crippen LogP contribution in [0, 0.1) is 5.92 Å². The second-order valence-corrected chi connectivity index (χ2v) is 5.61. The number of aromatic amines is 1. The van der Waals surface area contributed by atoms with Crippen LogP contribution in [-0.4, -0.2) is 4.98 Å². The van der Waals surface area contributed by atoms with Gasteiger partial charge in [0.2, 0.25) is 0 Å². The van der Waals surface area contributed by atoms with Crippen molar-refractivity contribution in [2.24, 2.45) is 5.92 Å². The third-order valence-electron chi connectivity index (χ3n) is 3.46. The van der Waals surface area contributed by atoms with Crippen LogP contribution in [0.4, 0.5) is 0 Å². The van der Waals surface area contributed by atoms with Gasteiger partial charge in [-0.25, -0.2) is 0 Å². The van der Waals surface area contributed by atoms with Crippen molar-refractivity contribution in [2.45, 2.75) is 40.5 Å². The van der Waals surface area contributed by atoms with Crippen LogP contribution in [0.3, 0.4) is 0 Å². The van der Waals surface area contributed by atoms with Gasteiger partial charge in [0.25, 0.3) is 0 Å². The molecule has 1 aromatic rings. The molecular formula is C21H29N. The molecule has 0 saturated carbocycles. The van der Waals surface area contributed by atoms with Crippen molar-refractivity contribution in [3.63, 3.8) is 0 Å². The molecule has 1 N–H and O–H groups in total. The SMILES string of the molecule is C=C/C=C(\C=C)C1=CC(c2cc(CC(C)C)c[nH]2)=CC1.CC. The minimum absolute atomic E-state index is 0.685. The highest BCUT2D eigenvalue weighted by molar-refractivity contribution is 5.78. The number of H-pyrrole nitrogens is 1. The van der Waals surface area contributed by atoms with Crippen molar-refractivity contribution in [3.8, 4) is 0 Å². The van der Waals surface area contributed by atoms with Gasteiger partial charge in [0.05, 0.1) is 0 Å². The number of aromatic nitrogens is 1. The van der Waals surface area contributed by atoms with Crippen LogP contribution >= 0.6 is 0 Å². The van der Waals surface area contributed by atoms with E-state index in [0.717, 1.165) is 18.4 Å². The van der Waals surface area contributed by atoms with E-state index in [0.29, 0.717) is 5.92 Å². The number of hydrogen-bond donors (Lipinski definition) is 1. The highest BCUT2D eigenvalue weighted by atomic mass is 14.7. The molecular weight excluding hydrogens is 266 g/mol. The molecule has 0 saturated heterocycles. The summed E-state index contributed by atoms with van der Waals surface area (Å²) >= 11 is 0. The highest BCUT2D eigenvalue weighted by Gasteiger charge is 2.12. The van der Waals surface area contributed by atoms with Crippen LogP contribution in [-0.2, 0) is 6.42 Å². The molecule has 0 spiro atoms. The molecule has 1 nitrogen and oxygen atoms in total. The molecule has 22 heavy (non-hydrogen) atoms. The smallest absolute Gasteiger partial charge is 0.0453 e. The Morgan fingerprint density at radius 3 is 2.64 bits per heavy atom. The second kappa shape index (κ2) is 9.09. The normalized spacial score (nSPS) is 14.1. The zero-order chi connectivity index (χ0) is 16.5. The summed E-state index contributed by atoms with van der Waals surface area (Å²) in [7, 11) is 0. The Labute approximate surface area is 135 Å². The van der Waals surface area contributed by atoms with Gasteiger partial charge >= 0.3 is 0 Å². The Bertz CT molecular complexity index is 591. The van der Waals surface area contributed by atoms with Gasteiger partial charge in [-0.2, -0.15) is 0 Å². The molecule has 0 unspecified atom stereocenters. The van der Waals surface area contributed by atoms with E-state index in [2.05, 4.69) is 56.4 Å². The predicted molar refractivity (Wildman–Crippen MR) is 99.8 cm³/mol. The van der Waals surface area contributed by atoms with Crippen molar-refractivity contribution < 1.29 is 0 Å². The number of rotatable bonds is 6. The number of nitrogens with one attached hydrogen (secondary N) is 1. The van der Waals surface area contributed by atoms with E-state index in [1.807, 2.05) is 32.1 Å². The monoisotopic (exact) mass is 295 g/mol. The van der Waals surface area contributed by atoms with Crippen molar-refractivity contribution >= 4 is 5.57 Å². The summed E-state index contributed by atoms with van der Waals surface area (Å²) in [6.07, 6.45) is 14.4. The van der Waals surface area contributed by atoms with Gasteiger partial charge in [0, 0.05) is 11.9 Å². The van der Waals surface area contributed by atoms with E-state index in [1.165, 1.54) is 22.4 Å². The highest BCUT2D eigenvalue weighted by Crippen LogP contribution is 2.30. The maximum Gasteiger partial charge on any atom is 0.0453 e. The molecule has 1 aromatic heterocycles. The van der Waals surface area contributed by atoms with Gasteiger partial charge in [-0.1, -0.05) is 65.2 Å². The molecule has 1 heterocycles. The van der Waals surface area contributed by atoms with Gasteiger partial charge in [0.1, 0.15) is 0 Å². The lowest BCUT2D eigenvalue weighted by Crippen LogP contribution is -1.90. The molecule has 0 bridgehead atoms. The lowest BCUT2D eigenvalue weighted by molar-refractivity contribution is 0.648. The van der Waals surface area contributed by atoms with Crippen LogP contribution in [0.2, 0.25) is 0 Å². The molecule has 0 amide bonds. The van der Waals surface area contributed by atoms with Crippen molar-refractivity contribution in [3.05, 3.63) is 78.2 Å². The van der Waals surface area contributed by atoms with Crippen molar-refractivity contribution in [1.29, 1.82) is 0 Å². The third-order valence-corrected chi connectivity index (χ3v) is 3.46. The average molecular weight is 295 g/mol. The zero-order valence-electron chi connectivity index (χ0n) is 14.4. The minimum Gasteiger partial charge on any atom is -0.361 e. The lowest BCUT2D eigenvalue weighted by atomic mass is 10.0. The second-order valence-electron chi connectivity index (χ2n) is 5.61. The summed E-state index contributed by atoms with van der Waals surface area (Å²) in [5, 5.41) is 0. The standard InChI is InChI=1S/C19H23N.C2H6/c1-5-7-16(6-2)17-8-9-18(12-17)19-11-15(13-20-19)10-14(3)4;1-2/h5-7,9,11-14,20H,1-2,8,10H2,3-4H3;1-2H3/b16-7+;. The van der Waals surface area contributed by atoms with Crippen molar-refractivity contribution in [1.82, 2.24) is 4.98 Å². The third kappa shape index (κ3) is 4.77. The van der Waals surface area contributed by atoms with E-state index in [-0.39, 0.29) is 0 Å². The fraction of sp³-hybridized carbons (Fsp3) is 0.333. The Morgan fingerprint density at radius 2 is 2.05 bits per heavy atom. The van der Waals surface area contributed by atoms with Crippen LogP contribution in [0.1, 0.15) is 45.4 Å². The van der Waals surface area contributed by atoms with Crippen LogP contribution in [0.15, 0.2) is 66.9 Å². The van der Waals surface area contributed by atoms with E-state index >= 15 is 0 Å². The van der Waals surface area contributed by atoms with Gasteiger partial charge in [-0.15, -0.1) is 0 Å². The number of hydrogen-bond acceptors (Lipinski definition) is 0. The quantitative estimate of drug-likeness (QED) is 0.597. The Hall–Kier alpha value is -2.02. The first-order valence-electron chi connectivity index (χ1n) is 8.18. The van der Waals surface area contributed by atoms with Crippen LogP contribution in [0.25, 0.3) is 5.57 Å². The molecule has 2 rings (SSSR count). The summed E-state index contributed by atoms with van der Waals surface area (Å²) < 4.78 is 0. The van der Waals surface area contributed by atoms with E-state index < -0.39 is 0 Å². The first-order valence-corrected chi connectivity index (χ1v) is 8.18. The summed E-state index contributed by atoms with van der Waals surface area (Å²) in [5.41, 5.74) is 6.31. The minimum atomic E-state index is 0.685. The molecule has 118 valence electrons. The maximum absolute atomic E-state index is 3.87.